The molecule has 17 heavy (non-hydrogen) atoms. The Morgan fingerprint density at radius 2 is 2.06 bits per heavy atom. The summed E-state index contributed by atoms with van der Waals surface area (Å²) in [5.74, 6) is -0.119. The van der Waals surface area contributed by atoms with Gasteiger partial charge in [0.25, 0.3) is 0 Å². The Balaban J connectivity index is 3.04. The smallest absolute Gasteiger partial charge is 0.488 e. The summed E-state index contributed by atoms with van der Waals surface area (Å²) in [7, 11) is -1.62. The van der Waals surface area contributed by atoms with Crippen LogP contribution >= 0.6 is 11.8 Å². The van der Waals surface area contributed by atoms with E-state index in [0.29, 0.717) is 11.5 Å². The summed E-state index contributed by atoms with van der Waals surface area (Å²) in [4.78, 5) is 0.342. The van der Waals surface area contributed by atoms with Crippen LogP contribution in [0.4, 0.5) is 4.39 Å². The molecule has 2 N–H and O–H groups in total. The Kier molecular flexibility index (Phi) is 5.30. The van der Waals surface area contributed by atoms with Gasteiger partial charge in [-0.1, -0.05) is 13.8 Å². The average molecular weight is 258 g/mol. The molecule has 94 valence electrons. The van der Waals surface area contributed by atoms with Gasteiger partial charge in [-0.05, 0) is 29.8 Å². The van der Waals surface area contributed by atoms with E-state index in [9.17, 15) is 4.39 Å². The van der Waals surface area contributed by atoms with E-state index < -0.39 is 12.9 Å². The molecule has 0 bridgehead atoms. The number of ether oxygens (including phenoxy) is 1. The van der Waals surface area contributed by atoms with Crippen molar-refractivity contribution >= 4 is 24.3 Å². The Morgan fingerprint density at radius 1 is 1.41 bits per heavy atom. The first-order chi connectivity index (χ1) is 7.95. The lowest BCUT2D eigenvalue weighted by Gasteiger charge is -2.13. The van der Waals surface area contributed by atoms with E-state index in [4.69, 9.17) is 14.8 Å². The molecule has 0 unspecified atom stereocenters. The van der Waals surface area contributed by atoms with Crippen molar-refractivity contribution < 1.29 is 19.2 Å². The highest BCUT2D eigenvalue weighted by Crippen LogP contribution is 2.26. The first kappa shape index (κ1) is 14.3. The van der Waals surface area contributed by atoms with Gasteiger partial charge in [-0.15, -0.1) is 11.8 Å². The molecule has 0 amide bonds. The van der Waals surface area contributed by atoms with Gasteiger partial charge in [0.05, 0.1) is 6.61 Å². The van der Waals surface area contributed by atoms with Gasteiger partial charge in [0.2, 0.25) is 0 Å². The zero-order valence-electron chi connectivity index (χ0n) is 10.1. The van der Waals surface area contributed by atoms with Crippen LogP contribution in [0.5, 0.6) is 5.75 Å². The Hall–Kier alpha value is -0.715. The minimum Gasteiger partial charge on any atom is -0.490 e. The summed E-state index contributed by atoms with van der Waals surface area (Å²) in [6, 6.07) is 2.73. The topological polar surface area (TPSA) is 49.7 Å². The van der Waals surface area contributed by atoms with Crippen molar-refractivity contribution in [3.8, 4) is 5.75 Å². The number of benzene rings is 1. The summed E-state index contributed by atoms with van der Waals surface area (Å²) in [5.41, 5.74) is 0.231. The quantitative estimate of drug-likeness (QED) is 0.616. The summed E-state index contributed by atoms with van der Waals surface area (Å²) in [5, 5.41) is 18.2. The molecule has 1 aromatic carbocycles. The van der Waals surface area contributed by atoms with Gasteiger partial charge in [0.1, 0.15) is 0 Å². The molecule has 0 aliphatic carbocycles. The molecule has 0 atom stereocenters. The van der Waals surface area contributed by atoms with Gasteiger partial charge in [0.15, 0.2) is 11.6 Å². The lowest BCUT2D eigenvalue weighted by molar-refractivity contribution is 0.257. The molecule has 0 saturated carbocycles. The zero-order chi connectivity index (χ0) is 13.0. The van der Waals surface area contributed by atoms with Gasteiger partial charge in [-0.2, -0.15) is 0 Å². The molecule has 6 heteroatoms. The first-order valence-corrected chi connectivity index (χ1v) is 6.54. The highest BCUT2D eigenvalue weighted by Gasteiger charge is 2.18. The number of rotatable bonds is 5. The molecule has 0 saturated heterocycles. The predicted molar refractivity (Wildman–Crippen MR) is 68.3 cm³/mol. The van der Waals surface area contributed by atoms with Gasteiger partial charge >= 0.3 is 7.12 Å². The molecule has 0 radical (unpaired) electrons. The molecule has 0 aromatic heterocycles. The molecule has 0 aliphatic rings. The van der Waals surface area contributed by atoms with Crippen molar-refractivity contribution in [3.05, 3.63) is 17.9 Å². The van der Waals surface area contributed by atoms with E-state index in [2.05, 4.69) is 0 Å². The van der Waals surface area contributed by atoms with Crippen LogP contribution in [-0.4, -0.2) is 30.0 Å². The molecular weight excluding hydrogens is 242 g/mol. The van der Waals surface area contributed by atoms with Crippen molar-refractivity contribution in [3.63, 3.8) is 0 Å². The van der Waals surface area contributed by atoms with E-state index in [-0.39, 0.29) is 17.1 Å². The van der Waals surface area contributed by atoms with Crippen LogP contribution in [0.25, 0.3) is 0 Å². The normalized spacial score (nSPS) is 10.8. The summed E-state index contributed by atoms with van der Waals surface area (Å²) >= 11 is 1.20. The molecular formula is C11H16BFO3S. The molecule has 0 heterocycles. The second-order valence-electron chi connectivity index (χ2n) is 4.11. The highest BCUT2D eigenvalue weighted by molar-refractivity contribution is 7.98. The predicted octanol–water partition coefficient (Wildman–Crippen LogP) is 1.26. The number of thioether (sulfide) groups is 1. The van der Waals surface area contributed by atoms with Gasteiger partial charge < -0.3 is 14.8 Å². The lowest BCUT2D eigenvalue weighted by atomic mass is 9.80. The molecule has 0 fully saturated rings. The van der Waals surface area contributed by atoms with E-state index >= 15 is 0 Å². The van der Waals surface area contributed by atoms with Gasteiger partial charge in [0, 0.05) is 4.90 Å². The van der Waals surface area contributed by atoms with E-state index in [1.807, 2.05) is 13.8 Å². The van der Waals surface area contributed by atoms with Crippen LogP contribution < -0.4 is 10.2 Å². The van der Waals surface area contributed by atoms with Crippen LogP contribution in [-0.2, 0) is 0 Å². The van der Waals surface area contributed by atoms with Crippen LogP contribution in [0.15, 0.2) is 17.0 Å². The fraction of sp³-hybridized carbons (Fsp3) is 0.455. The van der Waals surface area contributed by atoms with Crippen molar-refractivity contribution in [1.82, 2.24) is 0 Å². The third-order valence-electron chi connectivity index (χ3n) is 2.12. The Morgan fingerprint density at radius 3 is 2.53 bits per heavy atom. The van der Waals surface area contributed by atoms with Gasteiger partial charge in [-0.25, -0.2) is 4.39 Å². The lowest BCUT2D eigenvalue weighted by Crippen LogP contribution is -2.30. The van der Waals surface area contributed by atoms with Crippen molar-refractivity contribution in [2.45, 2.75) is 18.7 Å². The zero-order valence-corrected chi connectivity index (χ0v) is 10.9. The van der Waals surface area contributed by atoms with Crippen LogP contribution in [0.1, 0.15) is 13.8 Å². The summed E-state index contributed by atoms with van der Waals surface area (Å²) in [6.07, 6.45) is 1.72. The van der Waals surface area contributed by atoms with Crippen molar-refractivity contribution in [1.29, 1.82) is 0 Å². The van der Waals surface area contributed by atoms with Crippen LogP contribution in [0, 0.1) is 11.7 Å². The summed E-state index contributed by atoms with van der Waals surface area (Å²) in [6.45, 7) is 4.30. The number of hydrogen-bond acceptors (Lipinski definition) is 4. The van der Waals surface area contributed by atoms with E-state index in [1.54, 1.807) is 6.26 Å². The fourth-order valence-corrected chi connectivity index (χ4v) is 1.79. The highest BCUT2D eigenvalue weighted by atomic mass is 32.2. The van der Waals surface area contributed by atoms with E-state index in [1.165, 1.54) is 23.9 Å². The fourth-order valence-electron chi connectivity index (χ4n) is 1.25. The maximum Gasteiger partial charge on any atom is 0.488 e. The van der Waals surface area contributed by atoms with Crippen molar-refractivity contribution in [2.75, 3.05) is 12.9 Å². The van der Waals surface area contributed by atoms with E-state index in [0.717, 1.165) is 0 Å². The largest absolute Gasteiger partial charge is 0.490 e. The SMILES string of the molecule is CSc1cc(B(O)O)cc(OCC(C)C)c1F. The molecule has 0 spiro atoms. The molecule has 1 rings (SSSR count). The summed E-state index contributed by atoms with van der Waals surface area (Å²) < 4.78 is 19.2. The van der Waals surface area contributed by atoms with Gasteiger partial charge in [-0.3, -0.25) is 0 Å². The van der Waals surface area contributed by atoms with Crippen LogP contribution in [0.3, 0.4) is 0 Å². The third-order valence-corrected chi connectivity index (χ3v) is 2.86. The third kappa shape index (κ3) is 3.90. The standard InChI is InChI=1S/C11H16BFO3S/c1-7(2)6-16-9-4-8(12(14)15)5-10(17-3)11(9)13/h4-5,7,14-15H,6H2,1-3H3. The monoisotopic (exact) mass is 258 g/mol. The molecule has 1 aromatic rings. The molecule has 0 aliphatic heterocycles. The first-order valence-electron chi connectivity index (χ1n) is 5.32. The Labute approximate surface area is 105 Å². The number of halogens is 1. The maximum atomic E-state index is 13.9. The number of hydrogen-bond donors (Lipinski definition) is 2. The molecule has 3 nitrogen and oxygen atoms in total. The minimum atomic E-state index is -1.62. The van der Waals surface area contributed by atoms with Crippen LogP contribution in [0.2, 0.25) is 0 Å². The maximum absolute atomic E-state index is 13.9. The van der Waals surface area contributed by atoms with Crippen molar-refractivity contribution in [2.24, 2.45) is 5.92 Å². The minimum absolute atomic E-state index is 0.0636. The second-order valence-corrected chi connectivity index (χ2v) is 4.96. The average Bonchev–Trinajstić information content (AvgIpc) is 2.27. The Bertz CT molecular complexity index is 385. The second kappa shape index (κ2) is 6.28.